The van der Waals surface area contributed by atoms with E-state index in [0.717, 1.165) is 19.4 Å². The normalized spacial score (nSPS) is 29.5. The van der Waals surface area contributed by atoms with Crippen LogP contribution in [0.2, 0.25) is 0 Å². The maximum Gasteiger partial charge on any atom is 0.0580 e. The highest BCUT2D eigenvalue weighted by Crippen LogP contribution is 2.24. The van der Waals surface area contributed by atoms with Crippen molar-refractivity contribution in [2.24, 2.45) is 5.92 Å². The van der Waals surface area contributed by atoms with Crippen LogP contribution in [0.25, 0.3) is 0 Å². The molecule has 0 aromatic rings. The van der Waals surface area contributed by atoms with Gasteiger partial charge >= 0.3 is 0 Å². The van der Waals surface area contributed by atoms with Gasteiger partial charge in [-0.1, -0.05) is 12.8 Å². The highest BCUT2D eigenvalue weighted by atomic mass is 16.3. The molecular weight excluding hydrogens is 166 g/mol. The fraction of sp³-hybridized carbons (Fsp3) is 1.00. The summed E-state index contributed by atoms with van der Waals surface area (Å²) in [5, 5.41) is 18.4. The highest BCUT2D eigenvalue weighted by Gasteiger charge is 2.23. The molecule has 78 valence electrons. The van der Waals surface area contributed by atoms with Crippen LogP contribution in [0.5, 0.6) is 0 Å². The van der Waals surface area contributed by atoms with Crippen LogP contribution in [0.3, 0.4) is 0 Å². The van der Waals surface area contributed by atoms with Gasteiger partial charge in [0.05, 0.1) is 12.7 Å². The van der Waals surface area contributed by atoms with Crippen LogP contribution >= 0.6 is 0 Å². The van der Waals surface area contributed by atoms with Crippen LogP contribution < -0.4 is 0 Å². The van der Waals surface area contributed by atoms with Crippen LogP contribution in [0.15, 0.2) is 0 Å². The van der Waals surface area contributed by atoms with Gasteiger partial charge in [-0.05, 0) is 25.8 Å². The number of hydrogen-bond acceptors (Lipinski definition) is 3. The molecule has 2 unspecified atom stereocenters. The number of likely N-dealkylation sites (N-methyl/N-ethyl adjacent to an activating group) is 1. The van der Waals surface area contributed by atoms with Gasteiger partial charge in [-0.3, -0.25) is 0 Å². The zero-order valence-electron chi connectivity index (χ0n) is 8.45. The molecule has 0 radical (unpaired) electrons. The second-order valence-corrected chi connectivity index (χ2v) is 4.10. The Morgan fingerprint density at radius 2 is 2.00 bits per heavy atom. The van der Waals surface area contributed by atoms with E-state index in [9.17, 15) is 5.11 Å². The standard InChI is InChI=1S/C10H21NO2/c1-11(6-7-12)8-9-4-2-3-5-10(9)13/h9-10,12-13H,2-8H2,1H3. The molecule has 1 saturated carbocycles. The van der Waals surface area contributed by atoms with Gasteiger partial charge in [0.1, 0.15) is 0 Å². The van der Waals surface area contributed by atoms with Gasteiger partial charge in [-0.2, -0.15) is 0 Å². The minimum atomic E-state index is -0.116. The second-order valence-electron chi connectivity index (χ2n) is 4.10. The first-order valence-electron chi connectivity index (χ1n) is 5.21. The van der Waals surface area contributed by atoms with Crippen molar-refractivity contribution in [1.29, 1.82) is 0 Å². The number of hydrogen-bond donors (Lipinski definition) is 2. The molecule has 0 saturated heterocycles. The van der Waals surface area contributed by atoms with Crippen molar-refractivity contribution in [2.75, 3.05) is 26.7 Å². The summed E-state index contributed by atoms with van der Waals surface area (Å²) in [4.78, 5) is 2.10. The molecule has 0 amide bonds. The Morgan fingerprint density at radius 1 is 1.31 bits per heavy atom. The summed E-state index contributed by atoms with van der Waals surface area (Å²) in [6, 6.07) is 0. The molecule has 0 spiro atoms. The lowest BCUT2D eigenvalue weighted by Crippen LogP contribution is -2.36. The van der Waals surface area contributed by atoms with Gasteiger partial charge in [0.2, 0.25) is 0 Å². The predicted octanol–water partition coefficient (Wildman–Crippen LogP) is 0.462. The van der Waals surface area contributed by atoms with Crippen LogP contribution in [-0.2, 0) is 0 Å². The Hall–Kier alpha value is -0.120. The monoisotopic (exact) mass is 187 g/mol. The molecule has 0 heterocycles. The summed E-state index contributed by atoms with van der Waals surface area (Å²) in [7, 11) is 2.00. The first-order chi connectivity index (χ1) is 6.24. The summed E-state index contributed by atoms with van der Waals surface area (Å²) >= 11 is 0. The first-order valence-corrected chi connectivity index (χ1v) is 5.21. The van der Waals surface area contributed by atoms with Gasteiger partial charge in [-0.25, -0.2) is 0 Å². The van der Waals surface area contributed by atoms with Gasteiger partial charge in [0, 0.05) is 13.1 Å². The van der Waals surface area contributed by atoms with Crippen molar-refractivity contribution in [3.8, 4) is 0 Å². The van der Waals surface area contributed by atoms with Gasteiger partial charge < -0.3 is 15.1 Å². The fourth-order valence-corrected chi connectivity index (χ4v) is 2.06. The second kappa shape index (κ2) is 5.58. The molecule has 1 rings (SSSR count). The Labute approximate surface area is 80.4 Å². The Bertz CT molecular complexity index is 141. The Morgan fingerprint density at radius 3 is 2.62 bits per heavy atom. The van der Waals surface area contributed by atoms with Gasteiger partial charge in [-0.15, -0.1) is 0 Å². The van der Waals surface area contributed by atoms with Crippen LogP contribution in [0.4, 0.5) is 0 Å². The van der Waals surface area contributed by atoms with Crippen molar-refractivity contribution in [1.82, 2.24) is 4.90 Å². The lowest BCUT2D eigenvalue weighted by Gasteiger charge is -2.30. The fourth-order valence-electron chi connectivity index (χ4n) is 2.06. The molecule has 1 fully saturated rings. The Balaban J connectivity index is 2.25. The van der Waals surface area contributed by atoms with Crippen molar-refractivity contribution in [3.05, 3.63) is 0 Å². The number of aliphatic hydroxyl groups excluding tert-OH is 2. The van der Waals surface area contributed by atoms with E-state index in [1.165, 1.54) is 12.8 Å². The van der Waals surface area contributed by atoms with Crippen molar-refractivity contribution >= 4 is 0 Å². The zero-order valence-corrected chi connectivity index (χ0v) is 8.45. The van der Waals surface area contributed by atoms with E-state index in [-0.39, 0.29) is 12.7 Å². The third-order valence-electron chi connectivity index (χ3n) is 2.90. The van der Waals surface area contributed by atoms with E-state index < -0.39 is 0 Å². The van der Waals surface area contributed by atoms with Crippen LogP contribution in [-0.4, -0.2) is 48.0 Å². The summed E-state index contributed by atoms with van der Waals surface area (Å²) < 4.78 is 0. The summed E-state index contributed by atoms with van der Waals surface area (Å²) in [5.74, 6) is 0.422. The van der Waals surface area contributed by atoms with Crippen LogP contribution in [0.1, 0.15) is 25.7 Å². The maximum atomic E-state index is 9.70. The van der Waals surface area contributed by atoms with Crippen molar-refractivity contribution < 1.29 is 10.2 Å². The minimum Gasteiger partial charge on any atom is -0.395 e. The summed E-state index contributed by atoms with van der Waals surface area (Å²) in [6.07, 6.45) is 4.39. The zero-order chi connectivity index (χ0) is 9.68. The van der Waals surface area contributed by atoms with Gasteiger partial charge in [0.25, 0.3) is 0 Å². The lowest BCUT2D eigenvalue weighted by molar-refractivity contribution is 0.0485. The van der Waals surface area contributed by atoms with Crippen molar-refractivity contribution in [3.63, 3.8) is 0 Å². The SMILES string of the molecule is CN(CCO)CC1CCCCC1O. The van der Waals surface area contributed by atoms with Crippen LogP contribution in [0, 0.1) is 5.92 Å². The molecule has 2 atom stereocenters. The topological polar surface area (TPSA) is 43.7 Å². The molecule has 3 nitrogen and oxygen atoms in total. The molecule has 0 aromatic heterocycles. The van der Waals surface area contributed by atoms with E-state index >= 15 is 0 Å². The quantitative estimate of drug-likeness (QED) is 0.672. The molecule has 2 N–H and O–H groups in total. The molecule has 0 aromatic carbocycles. The third-order valence-corrected chi connectivity index (χ3v) is 2.90. The minimum absolute atomic E-state index is 0.116. The largest absolute Gasteiger partial charge is 0.395 e. The first kappa shape index (κ1) is 11.0. The smallest absolute Gasteiger partial charge is 0.0580 e. The predicted molar refractivity (Wildman–Crippen MR) is 52.5 cm³/mol. The molecular formula is C10H21NO2. The van der Waals surface area contributed by atoms with E-state index in [0.29, 0.717) is 12.5 Å². The Kier molecular flexibility index (Phi) is 4.70. The van der Waals surface area contributed by atoms with Crippen molar-refractivity contribution in [2.45, 2.75) is 31.8 Å². The molecule has 0 bridgehead atoms. The maximum absolute atomic E-state index is 9.70. The average molecular weight is 187 g/mol. The molecule has 0 aliphatic heterocycles. The summed E-state index contributed by atoms with van der Waals surface area (Å²) in [5.41, 5.74) is 0. The average Bonchev–Trinajstić information content (AvgIpc) is 2.09. The van der Waals surface area contributed by atoms with E-state index in [1.807, 2.05) is 7.05 Å². The summed E-state index contributed by atoms with van der Waals surface area (Å²) in [6.45, 7) is 1.84. The van der Waals surface area contributed by atoms with Gasteiger partial charge in [0.15, 0.2) is 0 Å². The third kappa shape index (κ3) is 3.63. The lowest BCUT2D eigenvalue weighted by atomic mass is 9.86. The number of rotatable bonds is 4. The number of nitrogens with zero attached hydrogens (tertiary/aromatic N) is 1. The van der Waals surface area contributed by atoms with E-state index in [1.54, 1.807) is 0 Å². The molecule has 1 aliphatic carbocycles. The molecule has 3 heteroatoms. The molecule has 13 heavy (non-hydrogen) atoms. The van der Waals surface area contributed by atoms with E-state index in [4.69, 9.17) is 5.11 Å². The highest BCUT2D eigenvalue weighted by molar-refractivity contribution is 4.76. The van der Waals surface area contributed by atoms with E-state index in [2.05, 4.69) is 4.90 Å². The molecule has 1 aliphatic rings. The number of aliphatic hydroxyl groups is 2.